The highest BCUT2D eigenvalue weighted by molar-refractivity contribution is 5.89. The largest absolute Gasteiger partial charge is 0.481 e. The van der Waals surface area contributed by atoms with Crippen molar-refractivity contribution in [1.29, 1.82) is 0 Å². The van der Waals surface area contributed by atoms with Crippen molar-refractivity contribution in [3.63, 3.8) is 0 Å². The van der Waals surface area contributed by atoms with E-state index in [9.17, 15) is 4.79 Å². The SMILES string of the molecule is COc1ccc([C@@H]2OCC[C@H]2NC(=O)Nc2ccc3nccn3c2)cn1. The van der Waals surface area contributed by atoms with Gasteiger partial charge in [0.15, 0.2) is 0 Å². The van der Waals surface area contributed by atoms with Gasteiger partial charge < -0.3 is 24.5 Å². The van der Waals surface area contributed by atoms with Crippen LogP contribution >= 0.6 is 0 Å². The van der Waals surface area contributed by atoms with Gasteiger partial charge in [-0.05, 0) is 24.6 Å². The summed E-state index contributed by atoms with van der Waals surface area (Å²) in [5.74, 6) is 0.545. The van der Waals surface area contributed by atoms with E-state index in [1.807, 2.05) is 35.0 Å². The van der Waals surface area contributed by atoms with Crippen molar-refractivity contribution in [3.05, 3.63) is 54.6 Å². The molecule has 0 radical (unpaired) electrons. The fourth-order valence-corrected chi connectivity index (χ4v) is 3.08. The summed E-state index contributed by atoms with van der Waals surface area (Å²) in [7, 11) is 1.57. The van der Waals surface area contributed by atoms with Gasteiger partial charge in [0, 0.05) is 43.0 Å². The number of carbonyl (C=O) groups excluding carboxylic acids is 1. The third-order valence-corrected chi connectivity index (χ3v) is 4.35. The van der Waals surface area contributed by atoms with Crippen LogP contribution in [0.25, 0.3) is 5.65 Å². The van der Waals surface area contributed by atoms with Gasteiger partial charge in [-0.15, -0.1) is 0 Å². The minimum Gasteiger partial charge on any atom is -0.481 e. The Bertz CT molecular complexity index is 909. The van der Waals surface area contributed by atoms with Crippen molar-refractivity contribution in [2.75, 3.05) is 19.0 Å². The Kier molecular flexibility index (Phi) is 4.40. The standard InChI is InChI=1S/C18H19N5O3/c1-25-16-5-2-12(10-20-16)17-14(6-9-26-17)22-18(24)21-13-3-4-15-19-7-8-23(15)11-13/h2-5,7-8,10-11,14,17H,6,9H2,1H3,(H2,21,22,24)/t14-,17+/m1/s1. The lowest BCUT2D eigenvalue weighted by Crippen LogP contribution is -2.39. The van der Waals surface area contributed by atoms with Crippen LogP contribution in [-0.4, -0.2) is 40.2 Å². The Morgan fingerprint density at radius 1 is 1.31 bits per heavy atom. The highest BCUT2D eigenvalue weighted by Crippen LogP contribution is 2.29. The molecule has 134 valence electrons. The zero-order valence-corrected chi connectivity index (χ0v) is 14.3. The van der Waals surface area contributed by atoms with E-state index in [-0.39, 0.29) is 18.2 Å². The second-order valence-electron chi connectivity index (χ2n) is 6.03. The van der Waals surface area contributed by atoms with E-state index >= 15 is 0 Å². The first-order valence-electron chi connectivity index (χ1n) is 8.35. The van der Waals surface area contributed by atoms with Crippen molar-refractivity contribution in [2.45, 2.75) is 18.6 Å². The Balaban J connectivity index is 1.42. The van der Waals surface area contributed by atoms with Crippen LogP contribution in [0.5, 0.6) is 5.88 Å². The van der Waals surface area contributed by atoms with Gasteiger partial charge in [0.25, 0.3) is 0 Å². The molecule has 0 bridgehead atoms. The van der Waals surface area contributed by atoms with Crippen molar-refractivity contribution in [1.82, 2.24) is 19.7 Å². The van der Waals surface area contributed by atoms with Gasteiger partial charge in [0.05, 0.1) is 18.8 Å². The second-order valence-corrected chi connectivity index (χ2v) is 6.03. The van der Waals surface area contributed by atoms with Crippen molar-refractivity contribution in [2.24, 2.45) is 0 Å². The Morgan fingerprint density at radius 2 is 2.23 bits per heavy atom. The first-order valence-corrected chi connectivity index (χ1v) is 8.35. The fourth-order valence-electron chi connectivity index (χ4n) is 3.08. The molecule has 2 amide bonds. The Morgan fingerprint density at radius 3 is 3.04 bits per heavy atom. The number of fused-ring (bicyclic) bond motifs is 1. The molecule has 0 spiro atoms. The highest BCUT2D eigenvalue weighted by atomic mass is 16.5. The van der Waals surface area contributed by atoms with Crippen molar-refractivity contribution in [3.8, 4) is 5.88 Å². The zero-order valence-electron chi connectivity index (χ0n) is 14.3. The molecule has 1 fully saturated rings. The van der Waals surface area contributed by atoms with E-state index < -0.39 is 0 Å². The van der Waals surface area contributed by atoms with Gasteiger partial charge in [-0.3, -0.25) is 0 Å². The number of methoxy groups -OCH3 is 1. The summed E-state index contributed by atoms with van der Waals surface area (Å²) in [5.41, 5.74) is 2.43. The van der Waals surface area contributed by atoms with Crippen molar-refractivity contribution >= 4 is 17.4 Å². The van der Waals surface area contributed by atoms with E-state index in [2.05, 4.69) is 20.6 Å². The number of imidazole rings is 1. The molecule has 0 aliphatic carbocycles. The number of nitrogens with zero attached hydrogens (tertiary/aromatic N) is 3. The average Bonchev–Trinajstić information content (AvgIpc) is 3.30. The fraction of sp³-hybridized carbons (Fsp3) is 0.278. The minimum atomic E-state index is -0.272. The molecule has 0 saturated carbocycles. The summed E-state index contributed by atoms with van der Waals surface area (Å²) in [5, 5.41) is 5.84. The minimum absolute atomic E-state index is 0.123. The number of ether oxygens (including phenoxy) is 2. The summed E-state index contributed by atoms with van der Waals surface area (Å²) in [6.07, 6.45) is 7.59. The number of amides is 2. The number of anilines is 1. The van der Waals surface area contributed by atoms with Gasteiger partial charge in [-0.1, -0.05) is 0 Å². The van der Waals surface area contributed by atoms with E-state index in [1.54, 1.807) is 25.6 Å². The molecule has 2 N–H and O–H groups in total. The van der Waals surface area contributed by atoms with Gasteiger partial charge in [-0.25, -0.2) is 14.8 Å². The molecule has 1 aliphatic heterocycles. The lowest BCUT2D eigenvalue weighted by molar-refractivity contribution is 0.100. The molecule has 1 aliphatic rings. The van der Waals surface area contributed by atoms with Crippen LogP contribution in [-0.2, 0) is 4.74 Å². The maximum Gasteiger partial charge on any atom is 0.319 e. The normalized spacial score (nSPS) is 19.4. The molecule has 8 heteroatoms. The van der Waals surface area contributed by atoms with E-state index in [0.29, 0.717) is 18.2 Å². The second kappa shape index (κ2) is 7.01. The molecule has 3 aromatic heterocycles. The maximum absolute atomic E-state index is 12.4. The first-order chi connectivity index (χ1) is 12.7. The number of pyridine rings is 2. The molecule has 1 saturated heterocycles. The molecule has 26 heavy (non-hydrogen) atoms. The van der Waals surface area contributed by atoms with Gasteiger partial charge in [0.1, 0.15) is 11.8 Å². The molecular formula is C18H19N5O3. The molecule has 4 rings (SSSR count). The quantitative estimate of drug-likeness (QED) is 0.752. The molecule has 0 unspecified atom stereocenters. The summed E-state index contributed by atoms with van der Waals surface area (Å²) < 4.78 is 12.7. The van der Waals surface area contributed by atoms with Crippen LogP contribution < -0.4 is 15.4 Å². The molecule has 0 aromatic carbocycles. The van der Waals surface area contributed by atoms with E-state index in [1.165, 1.54) is 0 Å². The van der Waals surface area contributed by atoms with Crippen LogP contribution in [0.1, 0.15) is 18.1 Å². The number of urea groups is 1. The Hall–Kier alpha value is -3.13. The van der Waals surface area contributed by atoms with Crippen LogP contribution in [0.2, 0.25) is 0 Å². The summed E-state index contributed by atoms with van der Waals surface area (Å²) >= 11 is 0. The van der Waals surface area contributed by atoms with Crippen LogP contribution in [0.15, 0.2) is 49.1 Å². The van der Waals surface area contributed by atoms with Gasteiger partial charge in [-0.2, -0.15) is 0 Å². The number of hydrogen-bond donors (Lipinski definition) is 2. The lowest BCUT2D eigenvalue weighted by Gasteiger charge is -2.20. The predicted octanol–water partition coefficient (Wildman–Crippen LogP) is 2.39. The molecular weight excluding hydrogens is 334 g/mol. The third-order valence-electron chi connectivity index (χ3n) is 4.35. The topological polar surface area (TPSA) is 89.8 Å². The summed E-state index contributed by atoms with van der Waals surface area (Å²) in [6, 6.07) is 6.96. The number of carbonyl (C=O) groups is 1. The molecule has 3 aromatic rings. The number of rotatable bonds is 4. The van der Waals surface area contributed by atoms with Crippen LogP contribution in [0, 0.1) is 0 Å². The lowest BCUT2D eigenvalue weighted by atomic mass is 10.0. The summed E-state index contributed by atoms with van der Waals surface area (Å²) in [4.78, 5) is 20.8. The first kappa shape index (κ1) is 16.3. The Labute approximate surface area is 150 Å². The number of hydrogen-bond acceptors (Lipinski definition) is 5. The van der Waals surface area contributed by atoms with Gasteiger partial charge >= 0.3 is 6.03 Å². The maximum atomic E-state index is 12.4. The molecule has 2 atom stereocenters. The van der Waals surface area contributed by atoms with Crippen LogP contribution in [0.4, 0.5) is 10.5 Å². The third kappa shape index (κ3) is 3.31. The summed E-state index contributed by atoms with van der Waals surface area (Å²) in [6.45, 7) is 0.586. The zero-order chi connectivity index (χ0) is 17.9. The van der Waals surface area contributed by atoms with Gasteiger partial charge in [0.2, 0.25) is 5.88 Å². The van der Waals surface area contributed by atoms with Crippen molar-refractivity contribution < 1.29 is 14.3 Å². The van der Waals surface area contributed by atoms with Crippen LogP contribution in [0.3, 0.4) is 0 Å². The number of aromatic nitrogens is 3. The monoisotopic (exact) mass is 353 g/mol. The highest BCUT2D eigenvalue weighted by Gasteiger charge is 2.31. The smallest absolute Gasteiger partial charge is 0.319 e. The predicted molar refractivity (Wildman–Crippen MR) is 95.2 cm³/mol. The number of nitrogens with one attached hydrogen (secondary N) is 2. The van der Waals surface area contributed by atoms with E-state index in [4.69, 9.17) is 9.47 Å². The molecule has 8 nitrogen and oxygen atoms in total. The molecule has 4 heterocycles. The van der Waals surface area contributed by atoms with E-state index in [0.717, 1.165) is 17.6 Å². The average molecular weight is 353 g/mol.